The molecule has 0 heterocycles. The van der Waals surface area contributed by atoms with Crippen molar-refractivity contribution in [1.29, 1.82) is 0 Å². The van der Waals surface area contributed by atoms with Crippen LogP contribution in [-0.4, -0.2) is 22.9 Å². The second kappa shape index (κ2) is 5.31. The lowest BCUT2D eigenvalue weighted by molar-refractivity contribution is -0.136. The zero-order valence-electron chi connectivity index (χ0n) is 10.8. The van der Waals surface area contributed by atoms with E-state index in [9.17, 15) is 14.7 Å². The first kappa shape index (κ1) is 15.0. The van der Waals surface area contributed by atoms with Gasteiger partial charge in [0.1, 0.15) is 0 Å². The number of rotatable bonds is 7. The Hall–Kier alpha value is -1.03. The third-order valence-electron chi connectivity index (χ3n) is 3.78. The topological polar surface area (TPSA) is 80.4 Å². The van der Waals surface area contributed by atoms with E-state index in [0.717, 1.165) is 12.8 Å². The molecular weight excluding hydrogens is 254 g/mol. The van der Waals surface area contributed by atoms with Crippen LogP contribution in [0.5, 0.6) is 0 Å². The third kappa shape index (κ3) is 2.53. The van der Waals surface area contributed by atoms with Gasteiger partial charge < -0.3 is 10.8 Å². The zero-order chi connectivity index (χ0) is 14.0. The van der Waals surface area contributed by atoms with Crippen molar-refractivity contribution in [3.63, 3.8) is 0 Å². The SMILES string of the molecule is CC1(C)C[C@]1(C(N)=O)/C(=C/CCCCCl)C(=O)O. The molecule has 0 aromatic heterocycles. The molecule has 1 rings (SSSR count). The van der Waals surface area contributed by atoms with Gasteiger partial charge in [0.15, 0.2) is 0 Å². The number of hydrogen-bond acceptors (Lipinski definition) is 2. The molecule has 0 unspecified atom stereocenters. The predicted molar refractivity (Wildman–Crippen MR) is 70.3 cm³/mol. The molecule has 1 amide bonds. The lowest BCUT2D eigenvalue weighted by atomic mass is 9.86. The molecule has 1 aliphatic carbocycles. The van der Waals surface area contributed by atoms with Crippen LogP contribution in [0, 0.1) is 10.8 Å². The molecule has 18 heavy (non-hydrogen) atoms. The molecule has 1 fully saturated rings. The number of carbonyl (C=O) groups excluding carboxylic acids is 1. The fourth-order valence-corrected chi connectivity index (χ4v) is 2.75. The van der Waals surface area contributed by atoms with E-state index in [1.54, 1.807) is 6.08 Å². The second-order valence-electron chi connectivity index (χ2n) is 5.44. The number of unbranched alkanes of at least 4 members (excludes halogenated alkanes) is 2. The number of carbonyl (C=O) groups is 2. The fourth-order valence-electron chi connectivity index (χ4n) is 2.56. The van der Waals surface area contributed by atoms with Gasteiger partial charge in [-0.25, -0.2) is 4.79 Å². The molecule has 4 nitrogen and oxygen atoms in total. The number of hydrogen-bond donors (Lipinski definition) is 2. The summed E-state index contributed by atoms with van der Waals surface area (Å²) in [5.41, 5.74) is 4.20. The van der Waals surface area contributed by atoms with Gasteiger partial charge in [-0.05, 0) is 31.1 Å². The van der Waals surface area contributed by atoms with Crippen LogP contribution in [-0.2, 0) is 9.59 Å². The van der Waals surface area contributed by atoms with Gasteiger partial charge >= 0.3 is 5.97 Å². The molecule has 3 N–H and O–H groups in total. The summed E-state index contributed by atoms with van der Waals surface area (Å²) >= 11 is 5.57. The summed E-state index contributed by atoms with van der Waals surface area (Å²) in [6, 6.07) is 0. The highest BCUT2D eigenvalue weighted by Crippen LogP contribution is 2.67. The van der Waals surface area contributed by atoms with Crippen molar-refractivity contribution in [1.82, 2.24) is 0 Å². The monoisotopic (exact) mass is 273 g/mol. The Morgan fingerprint density at radius 1 is 1.39 bits per heavy atom. The number of alkyl halides is 1. The standard InChI is InChI=1S/C13H20ClNO3/c1-12(2)8-13(12,11(15)18)9(10(16)17)6-4-3-5-7-14/h6H,3-5,7-8H2,1-2H3,(H2,15,18)(H,16,17)/b9-6+/t13-/m1/s1. The summed E-state index contributed by atoms with van der Waals surface area (Å²) < 4.78 is 0. The van der Waals surface area contributed by atoms with Crippen LogP contribution in [0.2, 0.25) is 0 Å². The number of allylic oxidation sites excluding steroid dienone is 1. The molecule has 0 aromatic carbocycles. The van der Waals surface area contributed by atoms with Gasteiger partial charge in [-0.3, -0.25) is 4.79 Å². The fraction of sp³-hybridized carbons (Fsp3) is 0.692. The minimum absolute atomic E-state index is 0.148. The summed E-state index contributed by atoms with van der Waals surface area (Å²) in [7, 11) is 0. The molecular formula is C13H20ClNO3. The Labute approximate surface area is 112 Å². The van der Waals surface area contributed by atoms with Crippen LogP contribution in [0.25, 0.3) is 0 Å². The third-order valence-corrected chi connectivity index (χ3v) is 4.05. The predicted octanol–water partition coefficient (Wildman–Crippen LogP) is 2.31. The number of amides is 1. The van der Waals surface area contributed by atoms with Crippen LogP contribution in [0.1, 0.15) is 39.5 Å². The molecule has 0 saturated heterocycles. The summed E-state index contributed by atoms with van der Waals surface area (Å²) in [6.45, 7) is 3.74. The van der Waals surface area contributed by atoms with Gasteiger partial charge in [-0.15, -0.1) is 11.6 Å². The quantitative estimate of drug-likeness (QED) is 0.424. The highest BCUT2D eigenvalue weighted by molar-refractivity contribution is 6.17. The van der Waals surface area contributed by atoms with Gasteiger partial charge in [0.25, 0.3) is 0 Å². The highest BCUT2D eigenvalue weighted by Gasteiger charge is 2.68. The Kier molecular flexibility index (Phi) is 4.43. The summed E-state index contributed by atoms with van der Waals surface area (Å²) in [6.07, 6.45) is 4.39. The van der Waals surface area contributed by atoms with Crippen molar-refractivity contribution < 1.29 is 14.7 Å². The van der Waals surface area contributed by atoms with Gasteiger partial charge in [0.2, 0.25) is 5.91 Å². The molecule has 5 heteroatoms. The van der Waals surface area contributed by atoms with E-state index in [2.05, 4.69) is 0 Å². The maximum atomic E-state index is 11.6. The molecule has 0 spiro atoms. The van der Waals surface area contributed by atoms with Crippen molar-refractivity contribution in [3.05, 3.63) is 11.6 Å². The molecule has 1 atom stereocenters. The molecule has 0 radical (unpaired) electrons. The number of carboxylic acids is 1. The zero-order valence-corrected chi connectivity index (χ0v) is 11.6. The van der Waals surface area contributed by atoms with Crippen molar-refractivity contribution in [2.45, 2.75) is 39.5 Å². The molecule has 0 aliphatic heterocycles. The van der Waals surface area contributed by atoms with Crippen LogP contribution in [0.4, 0.5) is 0 Å². The number of carboxylic acid groups (broad SMARTS) is 1. The molecule has 0 bridgehead atoms. The Morgan fingerprint density at radius 3 is 2.28 bits per heavy atom. The van der Waals surface area contributed by atoms with Gasteiger partial charge in [-0.2, -0.15) is 0 Å². The van der Waals surface area contributed by atoms with Crippen molar-refractivity contribution in [3.8, 4) is 0 Å². The largest absolute Gasteiger partial charge is 0.478 e. The number of primary amides is 1. The number of nitrogens with two attached hydrogens (primary N) is 1. The first-order chi connectivity index (χ1) is 8.29. The minimum atomic E-state index is -1.05. The van der Waals surface area contributed by atoms with Gasteiger partial charge in [0, 0.05) is 11.5 Å². The van der Waals surface area contributed by atoms with Crippen molar-refractivity contribution in [2.24, 2.45) is 16.6 Å². The number of halogens is 1. The number of aliphatic carboxylic acids is 1. The maximum Gasteiger partial charge on any atom is 0.332 e. The summed E-state index contributed by atoms with van der Waals surface area (Å²) in [5.74, 6) is -1.04. The lowest BCUT2D eigenvalue weighted by Gasteiger charge is -2.17. The van der Waals surface area contributed by atoms with E-state index < -0.39 is 17.3 Å². The van der Waals surface area contributed by atoms with Crippen molar-refractivity contribution in [2.75, 3.05) is 5.88 Å². The average Bonchev–Trinajstić information content (AvgIpc) is 2.82. The van der Waals surface area contributed by atoms with E-state index >= 15 is 0 Å². The Morgan fingerprint density at radius 2 is 1.94 bits per heavy atom. The normalized spacial score (nSPS) is 25.8. The molecule has 1 aliphatic rings. The van der Waals surface area contributed by atoms with Crippen LogP contribution in [0.3, 0.4) is 0 Å². The first-order valence-electron chi connectivity index (χ1n) is 6.09. The average molecular weight is 274 g/mol. The van der Waals surface area contributed by atoms with Crippen LogP contribution < -0.4 is 5.73 Å². The summed E-state index contributed by atoms with van der Waals surface area (Å²) in [4.78, 5) is 23.0. The van der Waals surface area contributed by atoms with E-state index in [0.29, 0.717) is 18.7 Å². The first-order valence-corrected chi connectivity index (χ1v) is 6.63. The Bertz CT molecular complexity index is 390. The lowest BCUT2D eigenvalue weighted by Crippen LogP contribution is -2.33. The second-order valence-corrected chi connectivity index (χ2v) is 5.82. The Balaban J connectivity index is 2.92. The van der Waals surface area contributed by atoms with E-state index in [1.165, 1.54) is 0 Å². The van der Waals surface area contributed by atoms with Crippen molar-refractivity contribution >= 4 is 23.5 Å². The van der Waals surface area contributed by atoms with E-state index in [-0.39, 0.29) is 11.0 Å². The van der Waals surface area contributed by atoms with Crippen LogP contribution >= 0.6 is 11.6 Å². The van der Waals surface area contributed by atoms with E-state index in [1.807, 2.05) is 13.8 Å². The minimum Gasteiger partial charge on any atom is -0.478 e. The highest BCUT2D eigenvalue weighted by atomic mass is 35.5. The van der Waals surface area contributed by atoms with Crippen LogP contribution in [0.15, 0.2) is 11.6 Å². The summed E-state index contributed by atoms with van der Waals surface area (Å²) in [5, 5.41) is 9.28. The van der Waals surface area contributed by atoms with Gasteiger partial charge in [0.05, 0.1) is 5.41 Å². The molecule has 0 aromatic rings. The molecule has 1 saturated carbocycles. The molecule has 102 valence electrons. The van der Waals surface area contributed by atoms with Gasteiger partial charge in [-0.1, -0.05) is 19.9 Å². The smallest absolute Gasteiger partial charge is 0.332 e. The maximum absolute atomic E-state index is 11.6. The van der Waals surface area contributed by atoms with E-state index in [4.69, 9.17) is 17.3 Å².